The summed E-state index contributed by atoms with van der Waals surface area (Å²) in [5.41, 5.74) is -0.438. The first-order valence-electron chi connectivity index (χ1n) is 6.60. The molecule has 5 heteroatoms. The van der Waals surface area contributed by atoms with E-state index in [0.29, 0.717) is 6.54 Å². The number of carbonyl (C=O) groups excluding carboxylic acids is 1. The molecule has 4 nitrogen and oxygen atoms in total. The van der Waals surface area contributed by atoms with Gasteiger partial charge in [0.25, 0.3) is 0 Å². The summed E-state index contributed by atoms with van der Waals surface area (Å²) in [6, 6.07) is 0. The highest BCUT2D eigenvalue weighted by Crippen LogP contribution is 2.43. The van der Waals surface area contributed by atoms with Crippen LogP contribution < -0.4 is 0 Å². The number of thioether (sulfide) groups is 1. The Bertz CT molecular complexity index is 329. The summed E-state index contributed by atoms with van der Waals surface area (Å²) in [6.07, 6.45) is 2.22. The molecular formula is C13H23NO3S. The summed E-state index contributed by atoms with van der Waals surface area (Å²) >= 11 is 1.91. The van der Waals surface area contributed by atoms with Gasteiger partial charge in [0, 0.05) is 17.8 Å². The highest BCUT2D eigenvalue weighted by atomic mass is 32.2. The van der Waals surface area contributed by atoms with Gasteiger partial charge in [0.1, 0.15) is 5.60 Å². The van der Waals surface area contributed by atoms with E-state index in [0.717, 1.165) is 31.6 Å². The number of aliphatic hydroxyl groups excluding tert-OH is 1. The van der Waals surface area contributed by atoms with Crippen LogP contribution in [0.3, 0.4) is 0 Å². The Balaban J connectivity index is 1.93. The average Bonchev–Trinajstić information content (AvgIpc) is 2.59. The summed E-state index contributed by atoms with van der Waals surface area (Å²) in [5, 5.41) is 9.80. The topological polar surface area (TPSA) is 49.8 Å². The molecule has 1 spiro atoms. The van der Waals surface area contributed by atoms with E-state index in [1.807, 2.05) is 32.5 Å². The smallest absolute Gasteiger partial charge is 0.410 e. The molecule has 1 N–H and O–H groups in total. The van der Waals surface area contributed by atoms with Crippen LogP contribution in [0.2, 0.25) is 0 Å². The van der Waals surface area contributed by atoms with E-state index < -0.39 is 5.60 Å². The van der Waals surface area contributed by atoms with E-state index in [4.69, 9.17) is 4.74 Å². The third kappa shape index (κ3) is 3.32. The zero-order valence-electron chi connectivity index (χ0n) is 11.4. The molecule has 2 aliphatic heterocycles. The van der Waals surface area contributed by atoms with Gasteiger partial charge < -0.3 is 14.7 Å². The van der Waals surface area contributed by atoms with Crippen molar-refractivity contribution >= 4 is 17.9 Å². The Morgan fingerprint density at radius 3 is 2.83 bits per heavy atom. The SMILES string of the molecule is CC(C)(C)OC(=O)N1CCC2(CC(O)CCS2)C1. The molecule has 1 amide bonds. The summed E-state index contributed by atoms with van der Waals surface area (Å²) in [7, 11) is 0. The maximum atomic E-state index is 12.0. The highest BCUT2D eigenvalue weighted by Gasteiger charge is 2.44. The van der Waals surface area contributed by atoms with Gasteiger partial charge in [-0.2, -0.15) is 11.8 Å². The van der Waals surface area contributed by atoms with Crippen molar-refractivity contribution in [1.82, 2.24) is 4.90 Å². The molecule has 2 aliphatic rings. The van der Waals surface area contributed by atoms with Crippen LogP contribution >= 0.6 is 11.8 Å². The summed E-state index contributed by atoms with van der Waals surface area (Å²) in [5.74, 6) is 0.989. The van der Waals surface area contributed by atoms with E-state index in [9.17, 15) is 9.90 Å². The van der Waals surface area contributed by atoms with Crippen LogP contribution in [-0.4, -0.2) is 51.4 Å². The molecule has 0 radical (unpaired) electrons. The maximum absolute atomic E-state index is 12.0. The number of aliphatic hydroxyl groups is 1. The number of carbonyl (C=O) groups is 1. The molecule has 0 aromatic heterocycles. The number of hydrogen-bond donors (Lipinski definition) is 1. The Kier molecular flexibility index (Phi) is 3.83. The molecule has 2 saturated heterocycles. The molecule has 2 heterocycles. The number of likely N-dealkylation sites (tertiary alicyclic amines) is 1. The van der Waals surface area contributed by atoms with Crippen molar-refractivity contribution in [2.24, 2.45) is 0 Å². The highest BCUT2D eigenvalue weighted by molar-refractivity contribution is 8.00. The van der Waals surface area contributed by atoms with Crippen molar-refractivity contribution in [3.05, 3.63) is 0 Å². The van der Waals surface area contributed by atoms with Gasteiger partial charge in [-0.15, -0.1) is 0 Å². The minimum Gasteiger partial charge on any atom is -0.444 e. The minimum absolute atomic E-state index is 0.0641. The zero-order chi connectivity index (χ0) is 13.4. The quantitative estimate of drug-likeness (QED) is 0.735. The van der Waals surface area contributed by atoms with Crippen LogP contribution in [0.4, 0.5) is 4.79 Å². The Morgan fingerprint density at radius 2 is 2.22 bits per heavy atom. The van der Waals surface area contributed by atoms with Crippen LogP contribution in [0, 0.1) is 0 Å². The van der Waals surface area contributed by atoms with Gasteiger partial charge in [-0.25, -0.2) is 4.79 Å². The standard InChI is InChI=1S/C13H23NO3S/c1-12(2,3)17-11(16)14-6-5-13(9-14)8-10(15)4-7-18-13/h10,15H,4-9H2,1-3H3. The predicted molar refractivity (Wildman–Crippen MR) is 72.9 cm³/mol. The maximum Gasteiger partial charge on any atom is 0.410 e. The lowest BCUT2D eigenvalue weighted by Gasteiger charge is -2.35. The van der Waals surface area contributed by atoms with E-state index in [-0.39, 0.29) is 16.9 Å². The van der Waals surface area contributed by atoms with Crippen molar-refractivity contribution in [1.29, 1.82) is 0 Å². The molecular weight excluding hydrogens is 250 g/mol. The normalized spacial score (nSPS) is 32.9. The monoisotopic (exact) mass is 273 g/mol. The molecule has 0 saturated carbocycles. The lowest BCUT2D eigenvalue weighted by molar-refractivity contribution is 0.0285. The molecule has 0 aromatic rings. The molecule has 2 fully saturated rings. The fourth-order valence-corrected chi connectivity index (χ4v) is 4.23. The van der Waals surface area contributed by atoms with E-state index in [1.54, 1.807) is 4.90 Å². The molecule has 2 atom stereocenters. The lowest BCUT2D eigenvalue weighted by Crippen LogP contribution is -2.41. The third-order valence-corrected chi connectivity index (χ3v) is 4.99. The van der Waals surface area contributed by atoms with Gasteiger partial charge in [0.15, 0.2) is 0 Å². The second-order valence-corrected chi connectivity index (χ2v) is 7.89. The zero-order valence-corrected chi connectivity index (χ0v) is 12.3. The molecule has 18 heavy (non-hydrogen) atoms. The first-order valence-corrected chi connectivity index (χ1v) is 7.58. The Morgan fingerprint density at radius 1 is 1.50 bits per heavy atom. The summed E-state index contributed by atoms with van der Waals surface area (Å²) in [4.78, 5) is 13.8. The number of rotatable bonds is 0. The molecule has 104 valence electrons. The van der Waals surface area contributed by atoms with E-state index in [1.165, 1.54) is 0 Å². The van der Waals surface area contributed by atoms with E-state index in [2.05, 4.69) is 0 Å². The predicted octanol–water partition coefficient (Wildman–Crippen LogP) is 2.25. The van der Waals surface area contributed by atoms with Crippen molar-refractivity contribution in [2.75, 3.05) is 18.8 Å². The van der Waals surface area contributed by atoms with Gasteiger partial charge in [0.05, 0.1) is 6.10 Å². The van der Waals surface area contributed by atoms with Gasteiger partial charge in [-0.1, -0.05) is 0 Å². The van der Waals surface area contributed by atoms with Gasteiger partial charge in [0.2, 0.25) is 0 Å². The molecule has 2 unspecified atom stereocenters. The Hall–Kier alpha value is -0.420. The second-order valence-electron chi connectivity index (χ2n) is 6.33. The lowest BCUT2D eigenvalue weighted by atomic mass is 9.97. The minimum atomic E-state index is -0.438. The third-order valence-electron chi connectivity index (χ3n) is 3.44. The van der Waals surface area contributed by atoms with Crippen LogP contribution in [0.25, 0.3) is 0 Å². The average molecular weight is 273 g/mol. The van der Waals surface area contributed by atoms with Crippen molar-refractivity contribution in [2.45, 2.75) is 56.5 Å². The van der Waals surface area contributed by atoms with Crippen LogP contribution in [0.15, 0.2) is 0 Å². The fraction of sp³-hybridized carbons (Fsp3) is 0.923. The molecule has 2 rings (SSSR count). The van der Waals surface area contributed by atoms with Crippen molar-refractivity contribution < 1.29 is 14.6 Å². The molecule has 0 aliphatic carbocycles. The molecule has 0 bridgehead atoms. The number of hydrogen-bond acceptors (Lipinski definition) is 4. The number of amides is 1. The summed E-state index contributed by atoms with van der Waals surface area (Å²) < 4.78 is 5.46. The Labute approximate surface area is 113 Å². The van der Waals surface area contributed by atoms with Gasteiger partial charge in [-0.3, -0.25) is 0 Å². The van der Waals surface area contributed by atoms with Crippen LogP contribution in [0.1, 0.15) is 40.0 Å². The second kappa shape index (κ2) is 4.93. The number of ether oxygens (including phenoxy) is 1. The summed E-state index contributed by atoms with van der Waals surface area (Å²) in [6.45, 7) is 7.11. The van der Waals surface area contributed by atoms with Gasteiger partial charge in [-0.05, 0) is 45.8 Å². The van der Waals surface area contributed by atoms with E-state index >= 15 is 0 Å². The number of nitrogens with zero attached hydrogens (tertiary/aromatic N) is 1. The first-order chi connectivity index (χ1) is 8.30. The van der Waals surface area contributed by atoms with Gasteiger partial charge >= 0.3 is 6.09 Å². The van der Waals surface area contributed by atoms with Crippen molar-refractivity contribution in [3.8, 4) is 0 Å². The fourth-order valence-electron chi connectivity index (χ4n) is 2.61. The van der Waals surface area contributed by atoms with Crippen LogP contribution in [0.5, 0.6) is 0 Å². The molecule has 0 aromatic carbocycles. The first kappa shape index (κ1) is 14.0. The van der Waals surface area contributed by atoms with Crippen LogP contribution in [-0.2, 0) is 4.74 Å². The largest absolute Gasteiger partial charge is 0.444 e. The van der Waals surface area contributed by atoms with Crippen molar-refractivity contribution in [3.63, 3.8) is 0 Å².